The first kappa shape index (κ1) is 7.73. The van der Waals surface area contributed by atoms with Crippen LogP contribution in [0.1, 0.15) is 6.92 Å². The number of ether oxygens (including phenoxy) is 3. The van der Waals surface area contributed by atoms with E-state index in [2.05, 4.69) is 4.99 Å². The summed E-state index contributed by atoms with van der Waals surface area (Å²) in [6.07, 6.45) is -1.26. The summed E-state index contributed by atoms with van der Waals surface area (Å²) >= 11 is 0. The van der Waals surface area contributed by atoms with Gasteiger partial charge < -0.3 is 19.3 Å². The normalized spacial score (nSPS) is 52.8. The summed E-state index contributed by atoms with van der Waals surface area (Å²) in [5.41, 5.74) is 0. The van der Waals surface area contributed by atoms with Crippen molar-refractivity contribution in [3.63, 3.8) is 0 Å². The maximum Gasteiger partial charge on any atom is 0.227 e. The zero-order chi connectivity index (χ0) is 9.00. The fourth-order valence-corrected chi connectivity index (χ4v) is 2.11. The average molecular weight is 185 g/mol. The largest absolute Gasteiger partial charge is 0.450 e. The van der Waals surface area contributed by atoms with Crippen LogP contribution in [0.15, 0.2) is 4.99 Å². The molecule has 0 spiro atoms. The maximum absolute atomic E-state index is 9.47. The van der Waals surface area contributed by atoms with Crippen LogP contribution < -0.4 is 0 Å². The number of rotatable bonds is 0. The highest BCUT2D eigenvalue weighted by atomic mass is 16.7. The molecule has 13 heavy (non-hydrogen) atoms. The van der Waals surface area contributed by atoms with E-state index in [4.69, 9.17) is 14.2 Å². The predicted octanol–water partition coefficient (Wildman–Crippen LogP) is -0.712. The molecular weight excluding hydrogens is 174 g/mol. The molecular formula is C8H11NO4. The fraction of sp³-hybridized carbons (Fsp3) is 0.875. The van der Waals surface area contributed by atoms with Crippen molar-refractivity contribution in [3.05, 3.63) is 0 Å². The molecule has 1 N–H and O–H groups in total. The quantitative estimate of drug-likeness (QED) is 0.541. The summed E-state index contributed by atoms with van der Waals surface area (Å²) in [5.74, 6) is 0.637. The zero-order valence-electron chi connectivity index (χ0n) is 7.21. The topological polar surface area (TPSA) is 60.3 Å². The molecule has 0 aromatic rings. The van der Waals surface area contributed by atoms with E-state index < -0.39 is 6.10 Å². The molecule has 0 aromatic carbocycles. The van der Waals surface area contributed by atoms with Crippen LogP contribution in [0, 0.1) is 0 Å². The first-order valence-corrected chi connectivity index (χ1v) is 4.42. The molecule has 0 aromatic heterocycles. The van der Waals surface area contributed by atoms with E-state index in [0.717, 1.165) is 0 Å². The van der Waals surface area contributed by atoms with Crippen molar-refractivity contribution in [2.24, 2.45) is 4.99 Å². The van der Waals surface area contributed by atoms with Gasteiger partial charge in [0.15, 0.2) is 5.90 Å². The zero-order valence-corrected chi connectivity index (χ0v) is 7.21. The van der Waals surface area contributed by atoms with Crippen LogP contribution in [0.2, 0.25) is 0 Å². The number of fused-ring (bicyclic) bond motifs is 3. The first-order chi connectivity index (χ1) is 6.25. The molecule has 0 bridgehead atoms. The Kier molecular flexibility index (Phi) is 1.45. The van der Waals surface area contributed by atoms with Crippen molar-refractivity contribution in [1.82, 2.24) is 0 Å². The minimum atomic E-state index is -0.533. The molecule has 3 heterocycles. The van der Waals surface area contributed by atoms with E-state index in [-0.39, 0.29) is 24.5 Å². The van der Waals surface area contributed by atoms with Gasteiger partial charge in [-0.2, -0.15) is 0 Å². The summed E-state index contributed by atoms with van der Waals surface area (Å²) < 4.78 is 16.2. The van der Waals surface area contributed by atoms with Gasteiger partial charge >= 0.3 is 0 Å². The van der Waals surface area contributed by atoms with Crippen LogP contribution in [0.4, 0.5) is 0 Å². The van der Waals surface area contributed by atoms with E-state index in [1.54, 1.807) is 6.92 Å². The summed E-state index contributed by atoms with van der Waals surface area (Å²) in [5, 5.41) is 9.47. The molecule has 2 saturated heterocycles. The number of aliphatic hydroxyl groups excluding tert-OH is 1. The van der Waals surface area contributed by atoms with Gasteiger partial charge in [-0.3, -0.25) is 0 Å². The molecule has 0 saturated carbocycles. The highest BCUT2D eigenvalue weighted by molar-refractivity contribution is 5.75. The first-order valence-electron chi connectivity index (χ1n) is 4.42. The third-order valence-corrected chi connectivity index (χ3v) is 2.69. The molecule has 3 rings (SSSR count). The van der Waals surface area contributed by atoms with E-state index in [0.29, 0.717) is 12.5 Å². The van der Waals surface area contributed by atoms with Crippen LogP contribution in [-0.2, 0) is 14.2 Å². The molecule has 2 fully saturated rings. The summed E-state index contributed by atoms with van der Waals surface area (Å²) in [7, 11) is 0. The molecule has 3 aliphatic heterocycles. The fourth-order valence-electron chi connectivity index (χ4n) is 2.11. The lowest BCUT2D eigenvalue weighted by atomic mass is 10.1. The Bertz CT molecular complexity index is 267. The van der Waals surface area contributed by atoms with E-state index in [1.807, 2.05) is 0 Å². The average Bonchev–Trinajstić information content (AvgIpc) is 2.65. The molecule has 0 amide bonds. The number of hydrogen-bond donors (Lipinski definition) is 1. The highest BCUT2D eigenvalue weighted by Gasteiger charge is 2.55. The number of aliphatic hydroxyl groups is 1. The second kappa shape index (κ2) is 2.43. The van der Waals surface area contributed by atoms with Crippen LogP contribution in [-0.4, -0.2) is 48.3 Å². The van der Waals surface area contributed by atoms with Crippen LogP contribution in [0.25, 0.3) is 0 Å². The van der Waals surface area contributed by atoms with Crippen molar-refractivity contribution in [2.45, 2.75) is 37.6 Å². The van der Waals surface area contributed by atoms with Crippen molar-refractivity contribution in [3.8, 4) is 0 Å². The van der Waals surface area contributed by atoms with Gasteiger partial charge in [-0.1, -0.05) is 0 Å². The monoisotopic (exact) mass is 185 g/mol. The smallest absolute Gasteiger partial charge is 0.227 e. The Morgan fingerprint density at radius 1 is 1.46 bits per heavy atom. The molecule has 72 valence electrons. The minimum absolute atomic E-state index is 0.0813. The predicted molar refractivity (Wildman–Crippen MR) is 42.4 cm³/mol. The Morgan fingerprint density at radius 2 is 2.31 bits per heavy atom. The highest BCUT2D eigenvalue weighted by Crippen LogP contribution is 2.36. The van der Waals surface area contributed by atoms with Gasteiger partial charge in [-0.25, -0.2) is 4.99 Å². The van der Waals surface area contributed by atoms with E-state index in [1.165, 1.54) is 0 Å². The lowest BCUT2D eigenvalue weighted by molar-refractivity contribution is -0.103. The Labute approximate surface area is 75.3 Å². The van der Waals surface area contributed by atoms with Gasteiger partial charge in [0.1, 0.15) is 24.4 Å². The number of nitrogens with zero attached hydrogens (tertiary/aromatic N) is 1. The second-order valence-corrected chi connectivity index (χ2v) is 3.59. The standard InChI is InChI=1S/C8H11NO4/c1-3-9-5-7-6(4(10)2-11-7)13-8(5)12-3/h4-8,10H,2H2,1H3. The third-order valence-electron chi connectivity index (χ3n) is 2.69. The second-order valence-electron chi connectivity index (χ2n) is 3.59. The molecule has 0 aliphatic carbocycles. The van der Waals surface area contributed by atoms with Crippen molar-refractivity contribution in [1.29, 1.82) is 0 Å². The molecule has 5 unspecified atom stereocenters. The number of aliphatic imine (C=N–C) groups is 1. The molecule has 0 radical (unpaired) electrons. The van der Waals surface area contributed by atoms with E-state index >= 15 is 0 Å². The van der Waals surface area contributed by atoms with Gasteiger partial charge in [0.05, 0.1) is 6.61 Å². The van der Waals surface area contributed by atoms with Crippen LogP contribution >= 0.6 is 0 Å². The molecule has 5 atom stereocenters. The van der Waals surface area contributed by atoms with Crippen LogP contribution in [0.3, 0.4) is 0 Å². The van der Waals surface area contributed by atoms with Crippen molar-refractivity contribution in [2.75, 3.05) is 6.61 Å². The lowest BCUT2D eigenvalue weighted by Gasteiger charge is -2.12. The van der Waals surface area contributed by atoms with Gasteiger partial charge in [0, 0.05) is 6.92 Å². The maximum atomic E-state index is 9.47. The van der Waals surface area contributed by atoms with Crippen molar-refractivity contribution >= 4 is 5.90 Å². The third kappa shape index (κ3) is 0.948. The Balaban J connectivity index is 1.86. The van der Waals surface area contributed by atoms with Crippen molar-refractivity contribution < 1.29 is 19.3 Å². The lowest BCUT2D eigenvalue weighted by Crippen LogP contribution is -2.30. The Morgan fingerprint density at radius 3 is 3.15 bits per heavy atom. The molecule has 3 aliphatic rings. The number of hydrogen-bond acceptors (Lipinski definition) is 5. The van der Waals surface area contributed by atoms with Gasteiger partial charge in [0.2, 0.25) is 6.29 Å². The molecule has 5 heteroatoms. The summed E-state index contributed by atoms with van der Waals surface area (Å²) in [4.78, 5) is 4.26. The van der Waals surface area contributed by atoms with Gasteiger partial charge in [-0.05, 0) is 0 Å². The van der Waals surface area contributed by atoms with E-state index in [9.17, 15) is 5.11 Å². The SMILES string of the molecule is CC1=NC2C(O1)OC1C(O)COC21. The Hall–Kier alpha value is -0.650. The minimum Gasteiger partial charge on any atom is -0.450 e. The molecule has 5 nitrogen and oxygen atoms in total. The van der Waals surface area contributed by atoms with Crippen LogP contribution in [0.5, 0.6) is 0 Å². The van der Waals surface area contributed by atoms with Gasteiger partial charge in [-0.15, -0.1) is 0 Å². The van der Waals surface area contributed by atoms with Gasteiger partial charge in [0.25, 0.3) is 0 Å². The summed E-state index contributed by atoms with van der Waals surface area (Å²) in [6.45, 7) is 2.13. The summed E-state index contributed by atoms with van der Waals surface area (Å²) in [6, 6.07) is -0.0813.